The monoisotopic (exact) mass is 344 g/mol. The third-order valence-corrected chi connectivity index (χ3v) is 3.24. The summed E-state index contributed by atoms with van der Waals surface area (Å²) in [7, 11) is 0. The van der Waals surface area contributed by atoms with E-state index in [1.165, 1.54) is 17.2 Å². The van der Waals surface area contributed by atoms with Crippen LogP contribution in [-0.2, 0) is 4.79 Å². The molecule has 0 unspecified atom stereocenters. The van der Waals surface area contributed by atoms with Gasteiger partial charge >= 0.3 is 5.97 Å². The first kappa shape index (κ1) is 15.7. The van der Waals surface area contributed by atoms with Crippen LogP contribution in [0.25, 0.3) is 11.6 Å². The van der Waals surface area contributed by atoms with Gasteiger partial charge < -0.3 is 14.3 Å². The van der Waals surface area contributed by atoms with E-state index in [2.05, 4.69) is 15.3 Å². The molecule has 0 radical (unpaired) electrons. The lowest BCUT2D eigenvalue weighted by Gasteiger charge is -2.06. The summed E-state index contributed by atoms with van der Waals surface area (Å²) in [5.41, 5.74) is 0.604. The molecule has 0 aliphatic rings. The lowest BCUT2D eigenvalue weighted by atomic mass is 10.2. The van der Waals surface area contributed by atoms with Crippen molar-refractivity contribution in [1.29, 1.82) is 0 Å². The van der Waals surface area contributed by atoms with Crippen LogP contribution in [0.1, 0.15) is 5.56 Å². The summed E-state index contributed by atoms with van der Waals surface area (Å²) in [6, 6.07) is 10.4. The molecule has 2 aromatic heterocycles. The van der Waals surface area contributed by atoms with Crippen LogP contribution in [0.15, 0.2) is 52.2 Å². The van der Waals surface area contributed by atoms with Gasteiger partial charge in [0.15, 0.2) is 12.4 Å². The second kappa shape index (κ2) is 6.92. The zero-order valence-corrected chi connectivity index (χ0v) is 13.1. The molecule has 3 aromatic rings. The Morgan fingerprint density at radius 3 is 3.00 bits per heavy atom. The van der Waals surface area contributed by atoms with E-state index in [4.69, 9.17) is 26.5 Å². The van der Waals surface area contributed by atoms with Crippen LogP contribution in [0.3, 0.4) is 0 Å². The average molecular weight is 344 g/mol. The zero-order chi connectivity index (χ0) is 16.9. The van der Waals surface area contributed by atoms with Crippen molar-refractivity contribution in [1.82, 2.24) is 14.9 Å². The Hall–Kier alpha value is -3.20. The van der Waals surface area contributed by atoms with Gasteiger partial charge in [-0.2, -0.15) is 9.78 Å². The smallest absolute Gasteiger partial charge is 0.341 e. The summed E-state index contributed by atoms with van der Waals surface area (Å²) in [6.45, 7) is -0.437. The van der Waals surface area contributed by atoms with Gasteiger partial charge in [-0.05, 0) is 36.5 Å². The van der Waals surface area contributed by atoms with E-state index in [0.717, 1.165) is 0 Å². The van der Waals surface area contributed by atoms with E-state index in [9.17, 15) is 4.79 Å². The van der Waals surface area contributed by atoms with Gasteiger partial charge in [0.2, 0.25) is 10.6 Å². The molecule has 8 nitrogen and oxygen atoms in total. The predicted octanol–water partition coefficient (Wildman–Crippen LogP) is 2.55. The third-order valence-electron chi connectivity index (χ3n) is 2.97. The van der Waals surface area contributed by atoms with Gasteiger partial charge in [0.05, 0.1) is 12.5 Å². The van der Waals surface area contributed by atoms with Gasteiger partial charge in [-0.1, -0.05) is 12.1 Å². The molecule has 122 valence electrons. The SMILES string of the molecule is O=C(O)COc1ccccc1/C=N/n1c(-c2ccco2)n[nH]c1=S. The fourth-order valence-electron chi connectivity index (χ4n) is 1.94. The zero-order valence-electron chi connectivity index (χ0n) is 12.2. The summed E-state index contributed by atoms with van der Waals surface area (Å²) in [5, 5.41) is 19.7. The number of hydrogen-bond acceptors (Lipinski definition) is 6. The summed E-state index contributed by atoms with van der Waals surface area (Å²) in [6.07, 6.45) is 3.03. The molecular weight excluding hydrogens is 332 g/mol. The highest BCUT2D eigenvalue weighted by Gasteiger charge is 2.11. The van der Waals surface area contributed by atoms with Crippen molar-refractivity contribution in [2.45, 2.75) is 0 Å². The number of carboxylic acid groups (broad SMARTS) is 1. The first-order valence-electron chi connectivity index (χ1n) is 6.84. The minimum atomic E-state index is -1.06. The second-order valence-corrected chi connectivity index (χ2v) is 4.99. The maximum Gasteiger partial charge on any atom is 0.341 e. The van der Waals surface area contributed by atoms with Crippen LogP contribution in [-0.4, -0.2) is 38.8 Å². The van der Waals surface area contributed by atoms with Crippen LogP contribution in [0.4, 0.5) is 0 Å². The van der Waals surface area contributed by atoms with Crippen molar-refractivity contribution in [2.75, 3.05) is 6.61 Å². The van der Waals surface area contributed by atoms with Crippen molar-refractivity contribution in [2.24, 2.45) is 5.10 Å². The van der Waals surface area contributed by atoms with Gasteiger partial charge in [-0.3, -0.25) is 0 Å². The Kier molecular flexibility index (Phi) is 4.52. The second-order valence-electron chi connectivity index (χ2n) is 4.61. The fraction of sp³-hybridized carbons (Fsp3) is 0.0667. The Morgan fingerprint density at radius 1 is 1.42 bits per heavy atom. The fourth-order valence-corrected chi connectivity index (χ4v) is 2.12. The number of hydrogen-bond donors (Lipinski definition) is 2. The molecule has 0 fully saturated rings. The van der Waals surface area contributed by atoms with Crippen molar-refractivity contribution in [3.63, 3.8) is 0 Å². The number of nitrogens with zero attached hydrogens (tertiary/aromatic N) is 3. The molecule has 0 spiro atoms. The number of furan rings is 1. The number of carboxylic acids is 1. The van der Waals surface area contributed by atoms with E-state index >= 15 is 0 Å². The number of nitrogens with one attached hydrogen (secondary N) is 1. The Labute approximate surface area is 141 Å². The summed E-state index contributed by atoms with van der Waals surface area (Å²) < 4.78 is 12.2. The highest BCUT2D eigenvalue weighted by atomic mass is 32.1. The number of aliphatic carboxylic acids is 1. The van der Waals surface area contributed by atoms with Gasteiger partial charge in [-0.15, -0.1) is 5.10 Å². The van der Waals surface area contributed by atoms with Crippen LogP contribution >= 0.6 is 12.2 Å². The molecule has 0 atom stereocenters. The minimum Gasteiger partial charge on any atom is -0.481 e. The van der Waals surface area contributed by atoms with E-state index in [1.807, 2.05) is 0 Å². The topological polar surface area (TPSA) is 106 Å². The lowest BCUT2D eigenvalue weighted by Crippen LogP contribution is -2.10. The highest BCUT2D eigenvalue weighted by Crippen LogP contribution is 2.19. The molecule has 0 saturated carbocycles. The number of aromatic nitrogens is 3. The Balaban J connectivity index is 1.91. The predicted molar refractivity (Wildman–Crippen MR) is 87.7 cm³/mol. The van der Waals surface area contributed by atoms with E-state index < -0.39 is 12.6 Å². The molecule has 9 heteroatoms. The standard InChI is InChI=1S/C15H12N4O4S/c20-13(21)9-23-11-5-2-1-4-10(11)8-16-19-14(17-18-15(19)24)12-6-3-7-22-12/h1-8H,9H2,(H,18,24)(H,20,21)/b16-8+. The van der Waals surface area contributed by atoms with Gasteiger partial charge in [0.1, 0.15) is 5.75 Å². The maximum atomic E-state index is 10.6. The van der Waals surface area contributed by atoms with Crippen LogP contribution < -0.4 is 4.74 Å². The van der Waals surface area contributed by atoms with Crippen LogP contribution in [0.2, 0.25) is 0 Å². The summed E-state index contributed by atoms with van der Waals surface area (Å²) >= 11 is 5.16. The molecule has 1 aromatic carbocycles. The van der Waals surface area contributed by atoms with E-state index in [0.29, 0.717) is 27.7 Å². The molecule has 24 heavy (non-hydrogen) atoms. The molecule has 3 rings (SSSR count). The molecule has 2 N–H and O–H groups in total. The molecule has 2 heterocycles. The highest BCUT2D eigenvalue weighted by molar-refractivity contribution is 7.71. The van der Waals surface area contributed by atoms with Gasteiger partial charge in [0.25, 0.3) is 0 Å². The number of ether oxygens (including phenoxy) is 1. The number of H-pyrrole nitrogens is 1. The number of rotatable bonds is 6. The normalized spacial score (nSPS) is 11.0. The average Bonchev–Trinajstić information content (AvgIpc) is 3.21. The van der Waals surface area contributed by atoms with Crippen molar-refractivity contribution >= 4 is 24.4 Å². The molecule has 0 aliphatic carbocycles. The number of aromatic amines is 1. The summed E-state index contributed by atoms with van der Waals surface area (Å²) in [5.74, 6) is 0.275. The Morgan fingerprint density at radius 2 is 2.25 bits per heavy atom. The van der Waals surface area contributed by atoms with E-state index in [-0.39, 0.29) is 0 Å². The van der Waals surface area contributed by atoms with Crippen molar-refractivity contribution in [3.05, 3.63) is 53.0 Å². The molecule has 0 aliphatic heterocycles. The van der Waals surface area contributed by atoms with Gasteiger partial charge in [-0.25, -0.2) is 9.89 Å². The number of benzene rings is 1. The number of para-hydroxylation sites is 1. The van der Waals surface area contributed by atoms with Crippen LogP contribution in [0, 0.1) is 4.77 Å². The molecular formula is C15H12N4O4S. The lowest BCUT2D eigenvalue weighted by molar-refractivity contribution is -0.139. The van der Waals surface area contributed by atoms with Gasteiger partial charge in [0, 0.05) is 5.56 Å². The van der Waals surface area contributed by atoms with Crippen molar-refractivity contribution in [3.8, 4) is 17.3 Å². The first-order valence-corrected chi connectivity index (χ1v) is 7.25. The molecule has 0 bridgehead atoms. The van der Waals surface area contributed by atoms with E-state index in [1.54, 1.807) is 36.4 Å². The first-order chi connectivity index (χ1) is 11.6. The largest absolute Gasteiger partial charge is 0.481 e. The molecule has 0 saturated heterocycles. The van der Waals surface area contributed by atoms with Crippen molar-refractivity contribution < 1.29 is 19.1 Å². The number of carbonyl (C=O) groups is 1. The molecule has 0 amide bonds. The quantitative estimate of drug-likeness (QED) is 0.526. The summed E-state index contributed by atoms with van der Waals surface area (Å²) in [4.78, 5) is 10.6. The third kappa shape index (κ3) is 3.41. The maximum absolute atomic E-state index is 10.6. The van der Waals surface area contributed by atoms with Crippen LogP contribution in [0.5, 0.6) is 5.75 Å². The minimum absolute atomic E-state index is 0.293. The Bertz CT molecular complexity index is 927.